The topological polar surface area (TPSA) is 96.7 Å². The van der Waals surface area contributed by atoms with Crippen molar-refractivity contribution >= 4 is 43.8 Å². The fourth-order valence-electron chi connectivity index (χ4n) is 3.91. The minimum Gasteiger partial charge on any atom is -0.345 e. The minimum atomic E-state index is -3.86. The highest BCUT2D eigenvalue weighted by Crippen LogP contribution is 2.30. The van der Waals surface area contributed by atoms with Crippen LogP contribution in [0, 0.1) is 10.1 Å². The standard InChI is InChI=1S/C23H25ClN4O4S2/c1-2-3-17-4-6-18(7-5-17)14-19-16-33-23(25-19)26-10-12-27(13-11-26)34(31,32)20-8-9-21(24)22(15-20)28(29)30/h4-9,15-16H,2-3,10-14H2,1H3. The molecule has 0 unspecified atom stereocenters. The molecular formula is C23H25ClN4O4S2. The molecule has 180 valence electrons. The lowest BCUT2D eigenvalue weighted by Gasteiger charge is -2.33. The zero-order chi connectivity index (χ0) is 24.3. The first-order valence-electron chi connectivity index (χ1n) is 11.0. The van der Waals surface area contributed by atoms with E-state index < -0.39 is 20.6 Å². The average molecular weight is 521 g/mol. The molecule has 34 heavy (non-hydrogen) atoms. The second-order valence-corrected chi connectivity index (χ2v) is 11.3. The van der Waals surface area contributed by atoms with Crippen molar-refractivity contribution in [2.45, 2.75) is 31.1 Å². The first-order chi connectivity index (χ1) is 16.3. The molecule has 0 atom stereocenters. The van der Waals surface area contributed by atoms with Gasteiger partial charge in [0.1, 0.15) is 5.02 Å². The number of nitro groups is 1. The van der Waals surface area contributed by atoms with Crippen LogP contribution >= 0.6 is 22.9 Å². The van der Waals surface area contributed by atoms with Crippen molar-refractivity contribution < 1.29 is 13.3 Å². The number of sulfonamides is 1. The Hall–Kier alpha value is -2.53. The quantitative estimate of drug-likeness (QED) is 0.314. The number of rotatable bonds is 8. The highest BCUT2D eigenvalue weighted by atomic mass is 35.5. The lowest BCUT2D eigenvalue weighted by Crippen LogP contribution is -2.48. The van der Waals surface area contributed by atoms with E-state index in [4.69, 9.17) is 16.6 Å². The van der Waals surface area contributed by atoms with Gasteiger partial charge < -0.3 is 4.90 Å². The molecule has 1 aromatic heterocycles. The van der Waals surface area contributed by atoms with Crippen LogP contribution in [0.1, 0.15) is 30.2 Å². The number of nitrogens with zero attached hydrogens (tertiary/aromatic N) is 4. The lowest BCUT2D eigenvalue weighted by molar-refractivity contribution is -0.384. The zero-order valence-electron chi connectivity index (χ0n) is 18.7. The predicted molar refractivity (Wildman–Crippen MR) is 134 cm³/mol. The van der Waals surface area contributed by atoms with Crippen molar-refractivity contribution in [1.82, 2.24) is 9.29 Å². The number of anilines is 1. The van der Waals surface area contributed by atoms with E-state index in [9.17, 15) is 18.5 Å². The second kappa shape index (κ2) is 10.4. The fraction of sp³-hybridized carbons (Fsp3) is 0.348. The molecule has 0 N–H and O–H groups in total. The zero-order valence-corrected chi connectivity index (χ0v) is 21.1. The van der Waals surface area contributed by atoms with Gasteiger partial charge in [0.05, 0.1) is 15.5 Å². The number of halogens is 1. The Bertz CT molecular complexity index is 1270. The van der Waals surface area contributed by atoms with Crippen molar-refractivity contribution in [3.8, 4) is 0 Å². The molecule has 0 aliphatic carbocycles. The van der Waals surface area contributed by atoms with E-state index in [-0.39, 0.29) is 23.0 Å². The highest BCUT2D eigenvalue weighted by Gasteiger charge is 2.31. The van der Waals surface area contributed by atoms with Crippen LogP contribution in [0.5, 0.6) is 0 Å². The summed E-state index contributed by atoms with van der Waals surface area (Å²) < 4.78 is 27.4. The van der Waals surface area contributed by atoms with Crippen LogP contribution in [0.4, 0.5) is 10.8 Å². The molecule has 0 bridgehead atoms. The van der Waals surface area contributed by atoms with E-state index in [1.54, 1.807) is 11.3 Å². The van der Waals surface area contributed by atoms with Gasteiger partial charge in [-0.15, -0.1) is 11.3 Å². The van der Waals surface area contributed by atoms with Gasteiger partial charge in [-0.1, -0.05) is 49.2 Å². The molecule has 0 radical (unpaired) electrons. The Morgan fingerprint density at radius 2 is 1.76 bits per heavy atom. The first-order valence-corrected chi connectivity index (χ1v) is 13.7. The monoisotopic (exact) mass is 520 g/mol. The summed E-state index contributed by atoms with van der Waals surface area (Å²) in [6.07, 6.45) is 2.97. The number of thiazole rings is 1. The summed E-state index contributed by atoms with van der Waals surface area (Å²) in [5, 5.41) is 14.0. The maximum atomic E-state index is 13.0. The molecule has 11 heteroatoms. The molecule has 1 aliphatic rings. The molecule has 0 amide bonds. The molecule has 2 heterocycles. The smallest absolute Gasteiger partial charge is 0.289 e. The van der Waals surface area contributed by atoms with Gasteiger partial charge >= 0.3 is 0 Å². The third-order valence-electron chi connectivity index (χ3n) is 5.75. The number of aromatic nitrogens is 1. The largest absolute Gasteiger partial charge is 0.345 e. The minimum absolute atomic E-state index is 0.0924. The summed E-state index contributed by atoms with van der Waals surface area (Å²) in [7, 11) is -3.86. The van der Waals surface area contributed by atoms with E-state index in [1.165, 1.54) is 27.6 Å². The van der Waals surface area contributed by atoms with E-state index in [0.717, 1.165) is 36.2 Å². The van der Waals surface area contributed by atoms with Crippen molar-refractivity contribution in [2.24, 2.45) is 0 Å². The van der Waals surface area contributed by atoms with E-state index in [0.29, 0.717) is 13.1 Å². The summed E-state index contributed by atoms with van der Waals surface area (Å²) in [5.74, 6) is 0. The summed E-state index contributed by atoms with van der Waals surface area (Å²) in [6.45, 7) is 3.70. The van der Waals surface area contributed by atoms with Crippen molar-refractivity contribution in [2.75, 3.05) is 31.1 Å². The molecule has 2 aromatic carbocycles. The third-order valence-corrected chi connectivity index (χ3v) is 8.91. The number of hydrogen-bond acceptors (Lipinski definition) is 7. The SMILES string of the molecule is CCCc1ccc(Cc2csc(N3CCN(S(=O)(=O)c4ccc(Cl)c([N+](=O)[O-])c4)CC3)n2)cc1. The molecule has 8 nitrogen and oxygen atoms in total. The van der Waals surface area contributed by atoms with Gasteiger partial charge in [-0.05, 0) is 29.7 Å². The molecule has 3 aromatic rings. The molecule has 0 spiro atoms. The van der Waals surface area contributed by atoms with Crippen LogP contribution in [-0.2, 0) is 22.9 Å². The lowest BCUT2D eigenvalue weighted by atomic mass is 10.1. The van der Waals surface area contributed by atoms with Crippen LogP contribution in [0.2, 0.25) is 5.02 Å². The maximum absolute atomic E-state index is 13.0. The van der Waals surface area contributed by atoms with E-state index in [1.807, 2.05) is 5.38 Å². The fourth-order valence-corrected chi connectivity index (χ4v) is 6.41. The van der Waals surface area contributed by atoms with Crippen LogP contribution < -0.4 is 4.90 Å². The van der Waals surface area contributed by atoms with Gasteiger partial charge in [0, 0.05) is 44.0 Å². The van der Waals surface area contributed by atoms with Crippen LogP contribution in [-0.4, -0.2) is 48.8 Å². The number of hydrogen-bond donors (Lipinski definition) is 0. The molecule has 1 aliphatic heterocycles. The van der Waals surface area contributed by atoms with Crippen LogP contribution in [0.15, 0.2) is 52.7 Å². The highest BCUT2D eigenvalue weighted by molar-refractivity contribution is 7.89. The van der Waals surface area contributed by atoms with Gasteiger partial charge in [0.25, 0.3) is 5.69 Å². The first kappa shape index (κ1) is 24.6. The molecule has 1 fully saturated rings. The number of nitro benzene ring substituents is 1. The maximum Gasteiger partial charge on any atom is 0.289 e. The van der Waals surface area contributed by atoms with Crippen molar-refractivity contribution in [3.63, 3.8) is 0 Å². The van der Waals surface area contributed by atoms with E-state index >= 15 is 0 Å². The Morgan fingerprint density at radius 3 is 2.41 bits per heavy atom. The summed E-state index contributed by atoms with van der Waals surface area (Å²) in [6, 6.07) is 12.2. The van der Waals surface area contributed by atoms with Crippen LogP contribution in [0.25, 0.3) is 0 Å². The number of piperazine rings is 1. The number of benzene rings is 2. The van der Waals surface area contributed by atoms with Gasteiger partial charge in [-0.2, -0.15) is 4.31 Å². The van der Waals surface area contributed by atoms with Gasteiger partial charge in [-0.3, -0.25) is 10.1 Å². The van der Waals surface area contributed by atoms with Crippen molar-refractivity contribution in [1.29, 1.82) is 0 Å². The summed E-state index contributed by atoms with van der Waals surface area (Å²) >= 11 is 7.38. The van der Waals surface area contributed by atoms with Crippen molar-refractivity contribution in [3.05, 3.63) is 79.8 Å². The molecular weight excluding hydrogens is 496 g/mol. The van der Waals surface area contributed by atoms with Gasteiger partial charge in [0.15, 0.2) is 5.13 Å². The molecule has 1 saturated heterocycles. The van der Waals surface area contributed by atoms with Gasteiger partial charge in [-0.25, -0.2) is 13.4 Å². The Balaban J connectivity index is 1.39. The summed E-state index contributed by atoms with van der Waals surface area (Å²) in [5.41, 5.74) is 3.12. The van der Waals surface area contributed by atoms with E-state index in [2.05, 4.69) is 36.1 Å². The Morgan fingerprint density at radius 1 is 1.09 bits per heavy atom. The average Bonchev–Trinajstić information content (AvgIpc) is 3.29. The van der Waals surface area contributed by atoms with Crippen LogP contribution in [0.3, 0.4) is 0 Å². The molecule has 0 saturated carbocycles. The normalized spacial score (nSPS) is 14.9. The predicted octanol–water partition coefficient (Wildman–Crippen LogP) is 4.76. The second-order valence-electron chi connectivity index (χ2n) is 8.13. The Labute approximate surface area is 208 Å². The Kier molecular flexibility index (Phi) is 7.51. The number of aryl methyl sites for hydroxylation is 1. The summed E-state index contributed by atoms with van der Waals surface area (Å²) in [4.78, 5) is 17.2. The van der Waals surface area contributed by atoms with Gasteiger partial charge in [0.2, 0.25) is 10.0 Å². The molecule has 4 rings (SSSR count). The third kappa shape index (κ3) is 5.41.